The smallest absolute Gasteiger partial charge is 0.303 e. The van der Waals surface area contributed by atoms with Gasteiger partial charge in [-0.15, -0.1) is 0 Å². The minimum absolute atomic E-state index is 0.00718. The zero-order valence-electron chi connectivity index (χ0n) is 9.82. The van der Waals surface area contributed by atoms with Gasteiger partial charge in [0, 0.05) is 13.3 Å². The second-order valence-electron chi connectivity index (χ2n) is 3.92. The second-order valence-corrected chi connectivity index (χ2v) is 3.92. The fraction of sp³-hybridized carbons (Fsp3) is 0.385. The molecular weight excluding hydrogens is 204 g/mol. The van der Waals surface area contributed by atoms with E-state index >= 15 is 0 Å². The highest BCUT2D eigenvalue weighted by molar-refractivity contribution is 5.77. The monoisotopic (exact) mass is 220 g/mol. The van der Waals surface area contributed by atoms with Gasteiger partial charge in [0.05, 0.1) is 0 Å². The van der Waals surface area contributed by atoms with Crippen LogP contribution >= 0.6 is 0 Å². The van der Waals surface area contributed by atoms with E-state index in [2.05, 4.69) is 0 Å². The Morgan fingerprint density at radius 2 is 2.00 bits per heavy atom. The Morgan fingerprint density at radius 3 is 2.50 bits per heavy atom. The number of aryl methyl sites for hydroxylation is 1. The van der Waals surface area contributed by atoms with Crippen molar-refractivity contribution in [3.8, 4) is 0 Å². The lowest BCUT2D eigenvalue weighted by atomic mass is 10.0. The highest BCUT2D eigenvalue weighted by atomic mass is 16.5. The van der Waals surface area contributed by atoms with E-state index in [9.17, 15) is 9.59 Å². The predicted octanol–water partition coefficient (Wildman–Crippen LogP) is 2.58. The number of esters is 1. The number of hydrogen-bond donors (Lipinski definition) is 0. The van der Waals surface area contributed by atoms with E-state index in [0.717, 1.165) is 11.1 Å². The summed E-state index contributed by atoms with van der Waals surface area (Å²) in [6.45, 7) is 4.80. The van der Waals surface area contributed by atoms with Crippen LogP contribution in [0.4, 0.5) is 0 Å². The van der Waals surface area contributed by atoms with Gasteiger partial charge in [-0.05, 0) is 19.4 Å². The molecule has 0 aliphatic carbocycles. The highest BCUT2D eigenvalue weighted by Gasteiger charge is 2.16. The molecular formula is C13H16O3. The maximum atomic E-state index is 11.1. The molecule has 0 radical (unpaired) electrons. The van der Waals surface area contributed by atoms with Crippen LogP contribution in [0.5, 0.6) is 0 Å². The Labute approximate surface area is 95.4 Å². The Hall–Kier alpha value is -1.64. The molecule has 0 fully saturated rings. The first kappa shape index (κ1) is 12.4. The maximum Gasteiger partial charge on any atom is 0.303 e. The summed E-state index contributed by atoms with van der Waals surface area (Å²) in [5, 5.41) is 0. The van der Waals surface area contributed by atoms with Crippen molar-refractivity contribution in [3.63, 3.8) is 0 Å². The highest BCUT2D eigenvalue weighted by Crippen LogP contribution is 2.22. The Balaban J connectivity index is 2.90. The molecule has 3 nitrogen and oxygen atoms in total. The van der Waals surface area contributed by atoms with Crippen molar-refractivity contribution in [2.24, 2.45) is 0 Å². The number of carbonyl (C=O) groups excluding carboxylic acids is 2. The molecule has 1 unspecified atom stereocenters. The topological polar surface area (TPSA) is 43.4 Å². The van der Waals surface area contributed by atoms with Gasteiger partial charge in [0.15, 0.2) is 0 Å². The van der Waals surface area contributed by atoms with Crippen molar-refractivity contribution in [3.05, 3.63) is 35.4 Å². The molecule has 0 amide bonds. The number of rotatable bonds is 4. The van der Waals surface area contributed by atoms with Crippen LogP contribution < -0.4 is 0 Å². The Morgan fingerprint density at radius 1 is 1.31 bits per heavy atom. The fourth-order valence-electron chi connectivity index (χ4n) is 1.56. The largest absolute Gasteiger partial charge is 0.457 e. The van der Waals surface area contributed by atoms with Crippen LogP contribution in [0.1, 0.15) is 37.5 Å². The summed E-state index contributed by atoms with van der Waals surface area (Å²) in [6, 6.07) is 7.64. The first-order valence-electron chi connectivity index (χ1n) is 5.22. The fourth-order valence-corrected chi connectivity index (χ4v) is 1.56. The summed E-state index contributed by atoms with van der Waals surface area (Å²) in [5.41, 5.74) is 1.95. The average molecular weight is 220 g/mol. The van der Waals surface area contributed by atoms with Gasteiger partial charge in [-0.1, -0.05) is 29.8 Å². The average Bonchev–Trinajstić information content (AvgIpc) is 2.15. The quantitative estimate of drug-likeness (QED) is 0.732. The summed E-state index contributed by atoms with van der Waals surface area (Å²) in [4.78, 5) is 22.1. The predicted molar refractivity (Wildman–Crippen MR) is 61.0 cm³/mol. The van der Waals surface area contributed by atoms with Crippen LogP contribution in [0.15, 0.2) is 24.3 Å². The Bertz CT molecular complexity index is 380. The van der Waals surface area contributed by atoms with E-state index in [1.807, 2.05) is 31.2 Å². The van der Waals surface area contributed by atoms with Crippen molar-refractivity contribution >= 4 is 11.8 Å². The molecule has 1 aromatic rings. The van der Waals surface area contributed by atoms with Crippen LogP contribution in [0.3, 0.4) is 0 Å². The zero-order chi connectivity index (χ0) is 12.1. The summed E-state index contributed by atoms with van der Waals surface area (Å²) in [7, 11) is 0. The number of carbonyl (C=O) groups is 2. The van der Waals surface area contributed by atoms with Gasteiger partial charge in [-0.2, -0.15) is 0 Å². The van der Waals surface area contributed by atoms with E-state index in [-0.39, 0.29) is 18.2 Å². The van der Waals surface area contributed by atoms with Crippen LogP contribution in [0.2, 0.25) is 0 Å². The van der Waals surface area contributed by atoms with Crippen molar-refractivity contribution in [2.45, 2.75) is 33.3 Å². The van der Waals surface area contributed by atoms with Gasteiger partial charge < -0.3 is 4.74 Å². The van der Waals surface area contributed by atoms with E-state index in [4.69, 9.17) is 4.74 Å². The molecule has 1 atom stereocenters. The van der Waals surface area contributed by atoms with Gasteiger partial charge in [0.2, 0.25) is 0 Å². The lowest BCUT2D eigenvalue weighted by Gasteiger charge is -2.16. The number of Topliss-reactive ketones (excluding diaryl/α,β-unsaturated/α-hetero) is 1. The minimum Gasteiger partial charge on any atom is -0.457 e. The molecule has 0 heterocycles. The summed E-state index contributed by atoms with van der Waals surface area (Å²) < 4.78 is 5.14. The van der Waals surface area contributed by atoms with Crippen molar-refractivity contribution in [1.82, 2.24) is 0 Å². The zero-order valence-corrected chi connectivity index (χ0v) is 9.82. The number of ether oxygens (including phenoxy) is 1. The van der Waals surface area contributed by atoms with Gasteiger partial charge in [-0.25, -0.2) is 0 Å². The maximum absolute atomic E-state index is 11.1. The lowest BCUT2D eigenvalue weighted by molar-refractivity contribution is -0.147. The van der Waals surface area contributed by atoms with E-state index in [1.165, 1.54) is 13.8 Å². The van der Waals surface area contributed by atoms with Crippen LogP contribution in [-0.4, -0.2) is 11.8 Å². The minimum atomic E-state index is -0.463. The van der Waals surface area contributed by atoms with E-state index < -0.39 is 6.10 Å². The second kappa shape index (κ2) is 5.45. The summed E-state index contributed by atoms with van der Waals surface area (Å²) in [5.74, 6) is -0.361. The lowest BCUT2D eigenvalue weighted by Crippen LogP contribution is -2.12. The first-order chi connectivity index (χ1) is 7.49. The Kier molecular flexibility index (Phi) is 4.23. The number of benzene rings is 1. The molecule has 0 aliphatic rings. The molecule has 0 aromatic heterocycles. The molecule has 1 rings (SSSR count). The standard InChI is InChI=1S/C13H16O3/c1-9-5-4-6-12(7-9)13(8-10(2)14)16-11(3)15/h4-7,13H,8H2,1-3H3. The van der Waals surface area contributed by atoms with Crippen molar-refractivity contribution in [2.75, 3.05) is 0 Å². The molecule has 16 heavy (non-hydrogen) atoms. The van der Waals surface area contributed by atoms with E-state index in [1.54, 1.807) is 0 Å². The normalized spacial score (nSPS) is 11.9. The molecule has 0 aliphatic heterocycles. The van der Waals surface area contributed by atoms with Gasteiger partial charge in [0.25, 0.3) is 0 Å². The molecule has 86 valence electrons. The van der Waals surface area contributed by atoms with Crippen molar-refractivity contribution in [1.29, 1.82) is 0 Å². The molecule has 0 saturated carbocycles. The molecule has 0 spiro atoms. The SMILES string of the molecule is CC(=O)CC(OC(C)=O)c1cccc(C)c1. The summed E-state index contributed by atoms with van der Waals surface area (Å²) in [6.07, 6.45) is -0.238. The third kappa shape index (κ3) is 3.85. The van der Waals surface area contributed by atoms with Crippen LogP contribution in [-0.2, 0) is 14.3 Å². The van der Waals surface area contributed by atoms with Crippen LogP contribution in [0, 0.1) is 6.92 Å². The molecule has 1 aromatic carbocycles. The van der Waals surface area contributed by atoms with Gasteiger partial charge in [0.1, 0.15) is 11.9 Å². The number of hydrogen-bond acceptors (Lipinski definition) is 3. The number of ketones is 1. The van der Waals surface area contributed by atoms with Gasteiger partial charge >= 0.3 is 5.97 Å². The summed E-state index contributed by atoms with van der Waals surface area (Å²) >= 11 is 0. The third-order valence-electron chi connectivity index (χ3n) is 2.19. The molecule has 0 N–H and O–H groups in total. The van der Waals surface area contributed by atoms with Crippen molar-refractivity contribution < 1.29 is 14.3 Å². The van der Waals surface area contributed by atoms with E-state index in [0.29, 0.717) is 0 Å². The molecule has 3 heteroatoms. The molecule has 0 saturated heterocycles. The molecule has 0 bridgehead atoms. The van der Waals surface area contributed by atoms with Gasteiger partial charge in [-0.3, -0.25) is 9.59 Å². The third-order valence-corrected chi connectivity index (χ3v) is 2.19. The van der Waals surface area contributed by atoms with Crippen LogP contribution in [0.25, 0.3) is 0 Å². The first-order valence-corrected chi connectivity index (χ1v) is 5.22.